The molecule has 0 aromatic carbocycles. The zero-order valence-corrected chi connectivity index (χ0v) is 59.5. The fraction of sp³-hybridized carbons (Fsp3) is 0.722. The number of likely N-dealkylation sites (N-methyl/N-ethyl adjacent to an activating group) is 1. The number of carbonyl (C=O) groups excluding carboxylic acids is 2. The average Bonchev–Trinajstić information content (AvgIpc) is 3.63. The molecule has 0 fully saturated rings. The van der Waals surface area contributed by atoms with E-state index in [9.17, 15) is 19.0 Å². The molecule has 0 aliphatic carbocycles. The number of allylic oxidation sites excluding steroid dienone is 19. The van der Waals surface area contributed by atoms with Crippen molar-refractivity contribution in [1.29, 1.82) is 0 Å². The van der Waals surface area contributed by atoms with Crippen molar-refractivity contribution in [2.24, 2.45) is 0 Å². The number of rotatable bonds is 66. The highest BCUT2D eigenvalue weighted by Gasteiger charge is 2.30. The molecule has 0 aromatic heterocycles. The summed E-state index contributed by atoms with van der Waals surface area (Å²) in [5, 5.41) is 3.07. The summed E-state index contributed by atoms with van der Waals surface area (Å²) in [5.41, 5.74) is 0. The van der Waals surface area contributed by atoms with Crippen LogP contribution in [0.25, 0.3) is 0 Å². The Kier molecular flexibility index (Phi) is 64.6. The molecule has 0 bridgehead atoms. The number of esters is 1. The van der Waals surface area contributed by atoms with E-state index in [0.29, 0.717) is 17.4 Å². The van der Waals surface area contributed by atoms with E-state index >= 15 is 0 Å². The van der Waals surface area contributed by atoms with Gasteiger partial charge in [-0.1, -0.05) is 303 Å². The van der Waals surface area contributed by atoms with Gasteiger partial charge in [-0.15, -0.1) is 0 Å². The third kappa shape index (κ3) is 68.6. The quantitative estimate of drug-likeness (QED) is 0.0205. The Hall–Kier alpha value is -3.59. The number of phosphoric acid groups is 1. The van der Waals surface area contributed by atoms with Crippen LogP contribution in [-0.2, 0) is 27.9 Å². The lowest BCUT2D eigenvalue weighted by Gasteiger charge is -2.27. The standard InChI is InChI=1S/C79H139N2O7P/c1-7-10-13-16-19-22-25-28-30-32-34-36-38-39-40-41-43-45-47-49-51-54-57-60-63-66-69-72-79(83)88-77(70-67-64-61-58-55-52-27-24-21-18-15-12-9-3)76(75-87-89(84,85)86-74-73-81(4,5)6)80-78(82)71-68-65-62-59-56-53-50-48-46-44-42-37-35-33-31-29-26-23-20-17-14-11-8-2/h10,13,19-20,22-23,28-31,34-37,39-40,43,45,67,70,76-77H,7-9,11-12,14-18,21,24-27,32-33,38,41-42,44,46-66,68-69,71-75H2,1-6H3,(H-,80,82,84,85)/p+1/b13-10-,22-19-,23-20-,30-28-,31-29-,36-34-,37-35-,40-39-,45-43-,70-67+. The van der Waals surface area contributed by atoms with Crippen LogP contribution in [0.2, 0.25) is 0 Å². The van der Waals surface area contributed by atoms with Crippen LogP contribution in [-0.4, -0.2) is 74.3 Å². The minimum Gasteiger partial charge on any atom is -0.456 e. The summed E-state index contributed by atoms with van der Waals surface area (Å²) in [5.74, 6) is -0.518. The number of nitrogens with zero attached hydrogens (tertiary/aromatic N) is 1. The summed E-state index contributed by atoms with van der Waals surface area (Å²) in [6.45, 7) is 6.88. The van der Waals surface area contributed by atoms with E-state index in [-0.39, 0.29) is 31.5 Å². The second kappa shape index (κ2) is 67.3. The van der Waals surface area contributed by atoms with Gasteiger partial charge in [0.05, 0.1) is 33.8 Å². The Bertz CT molecular complexity index is 1940. The van der Waals surface area contributed by atoms with E-state index in [1.807, 2.05) is 33.3 Å². The molecule has 0 saturated carbocycles. The molecule has 3 atom stereocenters. The molecule has 0 aliphatic heterocycles. The molecule has 0 rings (SSSR count). The van der Waals surface area contributed by atoms with Crippen LogP contribution in [0.4, 0.5) is 0 Å². The Balaban J connectivity index is 5.11. The number of phosphoric ester groups is 1. The molecule has 0 heterocycles. The predicted octanol–water partition coefficient (Wildman–Crippen LogP) is 23.8. The second-order valence-corrected chi connectivity index (χ2v) is 27.2. The van der Waals surface area contributed by atoms with Crippen molar-refractivity contribution in [3.63, 3.8) is 0 Å². The number of nitrogens with one attached hydrogen (secondary N) is 1. The Morgan fingerprint density at radius 2 is 0.719 bits per heavy atom. The first-order valence-corrected chi connectivity index (χ1v) is 38.4. The van der Waals surface area contributed by atoms with Crippen molar-refractivity contribution in [2.75, 3.05) is 40.9 Å². The monoisotopic (exact) mass is 1260 g/mol. The Labute approximate surface area is 550 Å². The zero-order valence-electron chi connectivity index (χ0n) is 58.6. The summed E-state index contributed by atoms with van der Waals surface area (Å²) in [4.78, 5) is 38.0. The van der Waals surface area contributed by atoms with Crippen molar-refractivity contribution in [3.8, 4) is 0 Å². The molecule has 3 unspecified atom stereocenters. The second-order valence-electron chi connectivity index (χ2n) is 25.7. The largest absolute Gasteiger partial charge is 0.472 e. The van der Waals surface area contributed by atoms with Crippen LogP contribution in [0.1, 0.15) is 316 Å². The van der Waals surface area contributed by atoms with Gasteiger partial charge in [0, 0.05) is 12.8 Å². The van der Waals surface area contributed by atoms with Gasteiger partial charge in [-0.05, 0) is 122 Å². The van der Waals surface area contributed by atoms with Crippen LogP contribution >= 0.6 is 7.82 Å². The minimum absolute atomic E-state index is 0.0327. The van der Waals surface area contributed by atoms with Gasteiger partial charge >= 0.3 is 13.8 Å². The van der Waals surface area contributed by atoms with E-state index < -0.39 is 20.0 Å². The lowest BCUT2D eigenvalue weighted by atomic mass is 10.0. The van der Waals surface area contributed by atoms with Gasteiger partial charge in [-0.25, -0.2) is 4.57 Å². The Morgan fingerprint density at radius 3 is 1.10 bits per heavy atom. The lowest BCUT2D eigenvalue weighted by molar-refractivity contribution is -0.870. The molecule has 0 spiro atoms. The topological polar surface area (TPSA) is 111 Å². The number of carbonyl (C=O) groups is 2. The molecule has 1 amide bonds. The van der Waals surface area contributed by atoms with Gasteiger partial charge in [-0.2, -0.15) is 0 Å². The minimum atomic E-state index is -4.47. The summed E-state index contributed by atoms with van der Waals surface area (Å²) < 4.78 is 30.9. The molecule has 9 nitrogen and oxygen atoms in total. The number of hydrogen-bond donors (Lipinski definition) is 2. The summed E-state index contributed by atoms with van der Waals surface area (Å²) in [6.07, 6.45) is 94.9. The SMILES string of the molecule is CC/C=C\C/C=C\C/C=C\C/C=C\C/C=C\C/C=C\CCCCCCCCCCC(=O)OC(/C=C/CCCCCCCCCCCCC)C(COP(=O)(O)OCC[N+](C)(C)C)NC(=O)CCCCCCCCCCCC/C=C\C/C=C\C/C=C\CCCCC. The van der Waals surface area contributed by atoms with Crippen LogP contribution in [0.5, 0.6) is 0 Å². The summed E-state index contributed by atoms with van der Waals surface area (Å²) in [6, 6.07) is -0.863. The molecule has 2 N–H and O–H groups in total. The average molecular weight is 1260 g/mol. The third-order valence-corrected chi connectivity index (χ3v) is 16.9. The molecule has 0 aromatic rings. The van der Waals surface area contributed by atoms with Gasteiger partial charge in [0.1, 0.15) is 19.3 Å². The van der Waals surface area contributed by atoms with Crippen molar-refractivity contribution < 1.29 is 37.3 Å². The van der Waals surface area contributed by atoms with Crippen molar-refractivity contribution in [1.82, 2.24) is 5.32 Å². The van der Waals surface area contributed by atoms with Gasteiger partial charge in [0.2, 0.25) is 5.91 Å². The normalized spacial score (nSPS) is 14.2. The highest BCUT2D eigenvalue weighted by atomic mass is 31.2. The maximum Gasteiger partial charge on any atom is 0.472 e. The molecular formula is C79H140N2O7P+. The molecular weight excluding hydrogens is 1120 g/mol. The maximum atomic E-state index is 13.6. The van der Waals surface area contributed by atoms with Crippen molar-refractivity contribution in [2.45, 2.75) is 328 Å². The van der Waals surface area contributed by atoms with Gasteiger partial charge in [0.25, 0.3) is 0 Å². The lowest BCUT2D eigenvalue weighted by Crippen LogP contribution is -2.47. The first kappa shape index (κ1) is 85.4. The fourth-order valence-corrected chi connectivity index (χ4v) is 11.0. The maximum absolute atomic E-state index is 13.6. The van der Waals surface area contributed by atoms with Crippen LogP contribution in [0.3, 0.4) is 0 Å². The smallest absolute Gasteiger partial charge is 0.456 e. The van der Waals surface area contributed by atoms with E-state index in [0.717, 1.165) is 135 Å². The molecule has 0 saturated heterocycles. The number of unbranched alkanes of at least 4 members (excludes halogenated alkanes) is 32. The van der Waals surface area contributed by atoms with Crippen LogP contribution in [0.15, 0.2) is 122 Å². The first-order valence-electron chi connectivity index (χ1n) is 36.9. The van der Waals surface area contributed by atoms with Crippen molar-refractivity contribution >= 4 is 19.7 Å². The van der Waals surface area contributed by atoms with Gasteiger partial charge < -0.3 is 19.4 Å². The van der Waals surface area contributed by atoms with E-state index in [1.165, 1.54) is 148 Å². The highest BCUT2D eigenvalue weighted by Crippen LogP contribution is 2.43. The first-order chi connectivity index (χ1) is 43.4. The Morgan fingerprint density at radius 1 is 0.404 bits per heavy atom. The molecule has 89 heavy (non-hydrogen) atoms. The van der Waals surface area contributed by atoms with Gasteiger partial charge in [0.15, 0.2) is 0 Å². The van der Waals surface area contributed by atoms with E-state index in [4.69, 9.17) is 13.8 Å². The third-order valence-electron chi connectivity index (χ3n) is 15.9. The van der Waals surface area contributed by atoms with Crippen LogP contribution in [0, 0.1) is 0 Å². The van der Waals surface area contributed by atoms with Crippen molar-refractivity contribution in [3.05, 3.63) is 122 Å². The number of hydrogen-bond acceptors (Lipinski definition) is 6. The van der Waals surface area contributed by atoms with Crippen LogP contribution < -0.4 is 5.32 Å². The van der Waals surface area contributed by atoms with E-state index in [2.05, 4.69) is 135 Å². The fourth-order valence-electron chi connectivity index (χ4n) is 10.2. The van der Waals surface area contributed by atoms with E-state index in [1.54, 1.807) is 0 Å². The predicted molar refractivity (Wildman–Crippen MR) is 387 cm³/mol. The molecule has 0 aliphatic rings. The number of amides is 1. The summed E-state index contributed by atoms with van der Waals surface area (Å²) >= 11 is 0. The number of quaternary nitrogens is 1. The summed E-state index contributed by atoms with van der Waals surface area (Å²) in [7, 11) is 1.48. The highest BCUT2D eigenvalue weighted by molar-refractivity contribution is 7.47. The molecule has 0 radical (unpaired) electrons. The van der Waals surface area contributed by atoms with Gasteiger partial charge in [-0.3, -0.25) is 18.6 Å². The molecule has 512 valence electrons. The number of ether oxygens (including phenoxy) is 1. The molecule has 10 heteroatoms. The zero-order chi connectivity index (χ0) is 64.9.